The molecule has 0 aliphatic carbocycles. The second-order valence-electron chi connectivity index (χ2n) is 4.44. The highest BCUT2D eigenvalue weighted by molar-refractivity contribution is 5.77. The Hall–Kier alpha value is -2.56. The van der Waals surface area contributed by atoms with E-state index < -0.39 is 0 Å². The van der Waals surface area contributed by atoms with Gasteiger partial charge in [-0.2, -0.15) is 0 Å². The minimum Gasteiger partial charge on any atom is -0.484 e. The molecule has 5 nitrogen and oxygen atoms in total. The van der Waals surface area contributed by atoms with Crippen molar-refractivity contribution >= 4 is 11.6 Å². The van der Waals surface area contributed by atoms with E-state index in [9.17, 15) is 4.79 Å². The third-order valence-corrected chi connectivity index (χ3v) is 2.86. The summed E-state index contributed by atoms with van der Waals surface area (Å²) in [5, 5.41) is 2.81. The first-order valence-electron chi connectivity index (χ1n) is 6.29. The molecule has 0 bridgehead atoms. The summed E-state index contributed by atoms with van der Waals surface area (Å²) < 4.78 is 5.36. The number of hydrogen-bond acceptors (Lipinski definition) is 4. The summed E-state index contributed by atoms with van der Waals surface area (Å²) in [7, 11) is 0. The van der Waals surface area contributed by atoms with Crippen LogP contribution in [0.1, 0.15) is 11.1 Å². The van der Waals surface area contributed by atoms with Crippen molar-refractivity contribution in [2.45, 2.75) is 13.5 Å². The van der Waals surface area contributed by atoms with Gasteiger partial charge in [0.1, 0.15) is 5.75 Å². The van der Waals surface area contributed by atoms with Gasteiger partial charge in [-0.05, 0) is 48.4 Å². The Morgan fingerprint density at radius 1 is 1.30 bits per heavy atom. The molecule has 0 aliphatic rings. The Bertz CT molecular complexity index is 582. The van der Waals surface area contributed by atoms with Gasteiger partial charge in [-0.15, -0.1) is 0 Å². The lowest BCUT2D eigenvalue weighted by molar-refractivity contribution is -0.123. The highest BCUT2D eigenvalue weighted by atomic mass is 16.5. The minimum atomic E-state index is -0.168. The van der Waals surface area contributed by atoms with Gasteiger partial charge < -0.3 is 15.8 Å². The van der Waals surface area contributed by atoms with E-state index in [-0.39, 0.29) is 12.5 Å². The summed E-state index contributed by atoms with van der Waals surface area (Å²) in [6.07, 6.45) is 3.48. The number of pyridine rings is 1. The molecule has 1 heterocycles. The van der Waals surface area contributed by atoms with Crippen molar-refractivity contribution in [3.8, 4) is 5.75 Å². The van der Waals surface area contributed by atoms with Gasteiger partial charge in [0.25, 0.3) is 5.91 Å². The fourth-order valence-electron chi connectivity index (χ4n) is 1.66. The Labute approximate surface area is 117 Å². The summed E-state index contributed by atoms with van der Waals surface area (Å²) in [5.74, 6) is 0.451. The summed E-state index contributed by atoms with van der Waals surface area (Å²) >= 11 is 0. The Morgan fingerprint density at radius 2 is 2.05 bits per heavy atom. The smallest absolute Gasteiger partial charge is 0.258 e. The highest BCUT2D eigenvalue weighted by Gasteiger charge is 2.04. The lowest BCUT2D eigenvalue weighted by Gasteiger charge is -2.09. The number of aryl methyl sites for hydroxylation is 1. The maximum Gasteiger partial charge on any atom is 0.258 e. The molecule has 1 amide bonds. The molecule has 1 aromatic carbocycles. The van der Waals surface area contributed by atoms with Crippen LogP contribution in [0.3, 0.4) is 0 Å². The van der Waals surface area contributed by atoms with Crippen molar-refractivity contribution in [3.63, 3.8) is 0 Å². The molecule has 1 aromatic heterocycles. The van der Waals surface area contributed by atoms with Crippen LogP contribution in [-0.4, -0.2) is 17.5 Å². The number of nitrogens with one attached hydrogen (secondary N) is 1. The first-order valence-corrected chi connectivity index (χ1v) is 6.29. The summed E-state index contributed by atoms with van der Waals surface area (Å²) in [6, 6.07) is 8.81. The number of anilines is 1. The number of carbonyl (C=O) groups is 1. The van der Waals surface area contributed by atoms with Crippen LogP contribution < -0.4 is 15.8 Å². The quantitative estimate of drug-likeness (QED) is 0.811. The maximum atomic E-state index is 11.7. The van der Waals surface area contributed by atoms with Crippen LogP contribution in [0.4, 0.5) is 5.69 Å². The zero-order chi connectivity index (χ0) is 14.4. The number of carbonyl (C=O) groups excluding carboxylic acids is 1. The Balaban J connectivity index is 1.78. The second-order valence-corrected chi connectivity index (χ2v) is 4.44. The molecular weight excluding hydrogens is 254 g/mol. The molecule has 0 radical (unpaired) electrons. The molecule has 0 spiro atoms. The topological polar surface area (TPSA) is 77.2 Å². The molecule has 0 fully saturated rings. The van der Waals surface area contributed by atoms with Crippen molar-refractivity contribution in [1.82, 2.24) is 10.3 Å². The Morgan fingerprint density at radius 3 is 2.75 bits per heavy atom. The van der Waals surface area contributed by atoms with Crippen LogP contribution in [0.5, 0.6) is 5.75 Å². The number of ether oxygens (including phenoxy) is 1. The number of hydrogen-bond donors (Lipinski definition) is 2. The van der Waals surface area contributed by atoms with Gasteiger partial charge in [0.15, 0.2) is 6.61 Å². The molecule has 20 heavy (non-hydrogen) atoms. The van der Waals surface area contributed by atoms with Gasteiger partial charge in [-0.1, -0.05) is 0 Å². The fraction of sp³-hybridized carbons (Fsp3) is 0.200. The first-order chi connectivity index (χ1) is 9.65. The lowest BCUT2D eigenvalue weighted by atomic mass is 10.1. The number of nitrogens with zero attached hydrogens (tertiary/aromatic N) is 1. The van der Waals surface area contributed by atoms with Gasteiger partial charge >= 0.3 is 0 Å². The number of nitrogen functional groups attached to an aromatic ring is 1. The standard InChI is InChI=1S/C15H17N3O2/c1-11-8-17-7-6-12(11)9-18-15(19)10-20-14-4-2-13(16)3-5-14/h2-8H,9-10,16H2,1H3,(H,18,19). The van der Waals surface area contributed by atoms with Crippen LogP contribution in [0.15, 0.2) is 42.7 Å². The molecule has 0 saturated heterocycles. The number of benzene rings is 1. The van der Waals surface area contributed by atoms with E-state index in [1.54, 1.807) is 36.7 Å². The first kappa shape index (κ1) is 13.9. The maximum absolute atomic E-state index is 11.7. The number of aromatic nitrogens is 1. The normalized spacial score (nSPS) is 10.1. The van der Waals surface area contributed by atoms with Crippen LogP contribution in [0.2, 0.25) is 0 Å². The molecule has 0 unspecified atom stereocenters. The monoisotopic (exact) mass is 271 g/mol. The molecule has 2 rings (SSSR count). The highest BCUT2D eigenvalue weighted by Crippen LogP contribution is 2.12. The predicted octanol–water partition coefficient (Wildman–Crippen LogP) is 1.67. The minimum absolute atomic E-state index is 0.0198. The molecule has 3 N–H and O–H groups in total. The second kappa shape index (κ2) is 6.56. The summed E-state index contributed by atoms with van der Waals surface area (Å²) in [6.45, 7) is 2.41. The van der Waals surface area contributed by atoms with Crippen LogP contribution in [-0.2, 0) is 11.3 Å². The van der Waals surface area contributed by atoms with Gasteiger partial charge in [-0.25, -0.2) is 0 Å². The van der Waals surface area contributed by atoms with Crippen molar-refractivity contribution < 1.29 is 9.53 Å². The van der Waals surface area contributed by atoms with Gasteiger partial charge in [0.05, 0.1) is 0 Å². The molecule has 104 valence electrons. The van der Waals surface area contributed by atoms with E-state index in [1.807, 2.05) is 13.0 Å². The average Bonchev–Trinajstić information content (AvgIpc) is 2.46. The molecular formula is C15H17N3O2. The summed E-state index contributed by atoms with van der Waals surface area (Å²) in [4.78, 5) is 15.7. The fourth-order valence-corrected chi connectivity index (χ4v) is 1.66. The zero-order valence-electron chi connectivity index (χ0n) is 11.3. The van der Waals surface area contributed by atoms with Crippen molar-refractivity contribution in [3.05, 3.63) is 53.9 Å². The zero-order valence-corrected chi connectivity index (χ0v) is 11.3. The van der Waals surface area contributed by atoms with E-state index in [1.165, 1.54) is 0 Å². The lowest BCUT2D eigenvalue weighted by Crippen LogP contribution is -2.28. The third kappa shape index (κ3) is 3.98. The third-order valence-electron chi connectivity index (χ3n) is 2.86. The van der Waals surface area contributed by atoms with Crippen LogP contribution >= 0.6 is 0 Å². The van der Waals surface area contributed by atoms with Crippen molar-refractivity contribution in [2.24, 2.45) is 0 Å². The van der Waals surface area contributed by atoms with Crippen molar-refractivity contribution in [1.29, 1.82) is 0 Å². The number of nitrogens with two attached hydrogens (primary N) is 1. The van der Waals surface area contributed by atoms with Crippen LogP contribution in [0, 0.1) is 6.92 Å². The van der Waals surface area contributed by atoms with Crippen LogP contribution in [0.25, 0.3) is 0 Å². The SMILES string of the molecule is Cc1cnccc1CNC(=O)COc1ccc(N)cc1. The van der Waals surface area contributed by atoms with E-state index in [0.29, 0.717) is 18.0 Å². The van der Waals surface area contributed by atoms with Crippen molar-refractivity contribution in [2.75, 3.05) is 12.3 Å². The van der Waals surface area contributed by atoms with E-state index in [2.05, 4.69) is 10.3 Å². The van der Waals surface area contributed by atoms with Gasteiger partial charge in [0, 0.05) is 24.6 Å². The molecule has 2 aromatic rings. The number of amides is 1. The molecule has 0 atom stereocenters. The van der Waals surface area contributed by atoms with Gasteiger partial charge in [-0.3, -0.25) is 9.78 Å². The average molecular weight is 271 g/mol. The number of rotatable bonds is 5. The molecule has 5 heteroatoms. The molecule has 0 saturated carbocycles. The molecule has 0 aliphatic heterocycles. The Kier molecular flexibility index (Phi) is 4.55. The summed E-state index contributed by atoms with van der Waals surface area (Å²) in [5.41, 5.74) is 8.32. The largest absolute Gasteiger partial charge is 0.484 e. The van der Waals surface area contributed by atoms with E-state index >= 15 is 0 Å². The van der Waals surface area contributed by atoms with E-state index in [4.69, 9.17) is 10.5 Å². The predicted molar refractivity (Wildman–Crippen MR) is 77.2 cm³/mol. The van der Waals surface area contributed by atoms with E-state index in [0.717, 1.165) is 11.1 Å². The van der Waals surface area contributed by atoms with Gasteiger partial charge in [0.2, 0.25) is 0 Å².